The Morgan fingerprint density at radius 3 is 2.89 bits per heavy atom. The number of hydrogen-bond donors (Lipinski definition) is 1. The number of anilines is 1. The topological polar surface area (TPSA) is 33.7 Å². The van der Waals surface area contributed by atoms with Crippen LogP contribution in [0, 0.1) is 0 Å². The van der Waals surface area contributed by atoms with Gasteiger partial charge in [0.15, 0.2) is 11.5 Å². The van der Waals surface area contributed by atoms with Crippen LogP contribution < -0.4 is 19.7 Å². The van der Waals surface area contributed by atoms with Crippen LogP contribution in [-0.2, 0) is 0 Å². The molecule has 0 bridgehead atoms. The summed E-state index contributed by atoms with van der Waals surface area (Å²) in [6, 6.07) is 4.30. The van der Waals surface area contributed by atoms with E-state index in [-0.39, 0.29) is 0 Å². The highest BCUT2D eigenvalue weighted by atomic mass is 16.7. The summed E-state index contributed by atoms with van der Waals surface area (Å²) in [5.41, 5.74) is 2.70. The maximum atomic E-state index is 5.50. The monoisotopic (exact) mass is 248 g/mol. The number of nitrogens with one attached hydrogen (secondary N) is 1. The highest BCUT2D eigenvalue weighted by Crippen LogP contribution is 2.44. The van der Waals surface area contributed by atoms with Crippen LogP contribution >= 0.6 is 0 Å². The summed E-state index contributed by atoms with van der Waals surface area (Å²) in [6.07, 6.45) is 2.39. The van der Waals surface area contributed by atoms with Crippen molar-refractivity contribution in [3.8, 4) is 11.5 Å². The van der Waals surface area contributed by atoms with Crippen molar-refractivity contribution in [1.82, 2.24) is 5.32 Å². The molecular formula is C14H20N2O2. The van der Waals surface area contributed by atoms with Gasteiger partial charge in [-0.15, -0.1) is 0 Å². The van der Waals surface area contributed by atoms with E-state index in [4.69, 9.17) is 9.47 Å². The number of fused-ring (bicyclic) bond motifs is 2. The summed E-state index contributed by atoms with van der Waals surface area (Å²) in [6.45, 7) is 2.52. The van der Waals surface area contributed by atoms with Crippen molar-refractivity contribution in [2.75, 3.05) is 38.9 Å². The fourth-order valence-corrected chi connectivity index (χ4v) is 2.85. The Morgan fingerprint density at radius 1 is 1.33 bits per heavy atom. The molecule has 0 radical (unpaired) electrons. The van der Waals surface area contributed by atoms with Crippen LogP contribution in [0.15, 0.2) is 12.1 Å². The zero-order valence-electron chi connectivity index (χ0n) is 11.0. The van der Waals surface area contributed by atoms with Gasteiger partial charge in [-0.1, -0.05) is 0 Å². The standard InChI is InChI=1S/C14H20N2O2/c1-15-5-3-10-4-6-16(2)12-8-14-13(7-11(10)12)17-9-18-14/h7-8,10,15H,3-6,9H2,1-2H3. The Balaban J connectivity index is 1.95. The van der Waals surface area contributed by atoms with Crippen LogP contribution in [0.25, 0.3) is 0 Å². The van der Waals surface area contributed by atoms with Crippen molar-refractivity contribution < 1.29 is 9.47 Å². The first kappa shape index (κ1) is 11.7. The summed E-state index contributed by atoms with van der Waals surface area (Å²) in [7, 11) is 4.16. The largest absolute Gasteiger partial charge is 0.454 e. The molecule has 1 aromatic rings. The molecule has 0 amide bonds. The van der Waals surface area contributed by atoms with Gasteiger partial charge in [0.1, 0.15) is 0 Å². The van der Waals surface area contributed by atoms with Crippen molar-refractivity contribution in [2.24, 2.45) is 0 Å². The highest BCUT2D eigenvalue weighted by molar-refractivity contribution is 5.64. The van der Waals surface area contributed by atoms with Gasteiger partial charge in [-0.3, -0.25) is 0 Å². The summed E-state index contributed by atoms with van der Waals surface area (Å²) < 4.78 is 11.0. The van der Waals surface area contributed by atoms with Crippen LogP contribution in [0.5, 0.6) is 11.5 Å². The third kappa shape index (κ3) is 1.90. The lowest BCUT2D eigenvalue weighted by Gasteiger charge is -2.33. The SMILES string of the molecule is CNCCC1CCN(C)c2cc3c(cc21)OCO3. The molecule has 1 aromatic carbocycles. The van der Waals surface area contributed by atoms with E-state index >= 15 is 0 Å². The van der Waals surface area contributed by atoms with Crippen molar-refractivity contribution >= 4 is 5.69 Å². The molecule has 2 aliphatic rings. The molecule has 4 heteroatoms. The van der Waals surface area contributed by atoms with Crippen molar-refractivity contribution in [2.45, 2.75) is 18.8 Å². The third-order valence-electron chi connectivity index (χ3n) is 3.93. The number of ether oxygens (including phenoxy) is 2. The van der Waals surface area contributed by atoms with E-state index in [2.05, 4.69) is 29.4 Å². The molecule has 1 atom stereocenters. The molecule has 1 unspecified atom stereocenters. The average molecular weight is 248 g/mol. The molecule has 0 saturated carbocycles. The highest BCUT2D eigenvalue weighted by Gasteiger charge is 2.27. The molecule has 98 valence electrons. The van der Waals surface area contributed by atoms with Gasteiger partial charge < -0.3 is 19.7 Å². The maximum absolute atomic E-state index is 5.50. The molecule has 2 aliphatic heterocycles. The van der Waals surface area contributed by atoms with Gasteiger partial charge in [0.2, 0.25) is 6.79 Å². The van der Waals surface area contributed by atoms with Crippen molar-refractivity contribution in [3.05, 3.63) is 17.7 Å². The molecule has 0 saturated heterocycles. The van der Waals surface area contributed by atoms with Gasteiger partial charge in [-0.05, 0) is 44.0 Å². The fourth-order valence-electron chi connectivity index (χ4n) is 2.85. The lowest BCUT2D eigenvalue weighted by Crippen LogP contribution is -2.28. The van der Waals surface area contributed by atoms with E-state index in [1.165, 1.54) is 24.1 Å². The number of hydrogen-bond acceptors (Lipinski definition) is 4. The van der Waals surface area contributed by atoms with Crippen LogP contribution in [0.3, 0.4) is 0 Å². The van der Waals surface area contributed by atoms with Crippen LogP contribution in [0.1, 0.15) is 24.3 Å². The predicted molar refractivity (Wildman–Crippen MR) is 71.7 cm³/mol. The minimum absolute atomic E-state index is 0.350. The first-order valence-electron chi connectivity index (χ1n) is 6.59. The maximum Gasteiger partial charge on any atom is 0.231 e. The lowest BCUT2D eigenvalue weighted by molar-refractivity contribution is 0.174. The lowest BCUT2D eigenvalue weighted by atomic mass is 9.87. The quantitative estimate of drug-likeness (QED) is 0.886. The Morgan fingerprint density at radius 2 is 2.11 bits per heavy atom. The Labute approximate surface area is 108 Å². The molecule has 0 aliphatic carbocycles. The zero-order chi connectivity index (χ0) is 12.5. The van der Waals surface area contributed by atoms with E-state index in [9.17, 15) is 0 Å². The van der Waals surface area contributed by atoms with Crippen LogP contribution in [0.4, 0.5) is 5.69 Å². The van der Waals surface area contributed by atoms with Crippen LogP contribution in [-0.4, -0.2) is 34.0 Å². The smallest absolute Gasteiger partial charge is 0.231 e. The molecule has 2 heterocycles. The van der Waals surface area contributed by atoms with Gasteiger partial charge in [0.05, 0.1) is 0 Å². The zero-order valence-corrected chi connectivity index (χ0v) is 11.0. The van der Waals surface area contributed by atoms with Crippen molar-refractivity contribution in [3.63, 3.8) is 0 Å². The molecule has 4 nitrogen and oxygen atoms in total. The van der Waals surface area contributed by atoms with E-state index < -0.39 is 0 Å². The molecule has 0 aromatic heterocycles. The molecule has 1 N–H and O–H groups in total. The van der Waals surface area contributed by atoms with E-state index in [1.54, 1.807) is 0 Å². The minimum Gasteiger partial charge on any atom is -0.454 e. The van der Waals surface area contributed by atoms with Gasteiger partial charge in [-0.2, -0.15) is 0 Å². The molecular weight excluding hydrogens is 228 g/mol. The number of rotatable bonds is 3. The van der Waals surface area contributed by atoms with E-state index in [0.29, 0.717) is 12.7 Å². The Kier molecular flexibility index (Phi) is 3.04. The second kappa shape index (κ2) is 4.69. The Bertz CT molecular complexity index is 448. The summed E-state index contributed by atoms with van der Waals surface area (Å²) in [4.78, 5) is 2.31. The van der Waals surface area contributed by atoms with E-state index in [0.717, 1.165) is 24.6 Å². The molecule has 18 heavy (non-hydrogen) atoms. The van der Waals surface area contributed by atoms with Crippen molar-refractivity contribution in [1.29, 1.82) is 0 Å². The van der Waals surface area contributed by atoms with Gasteiger partial charge >= 0.3 is 0 Å². The predicted octanol–water partition coefficient (Wildman–Crippen LogP) is 1.95. The fraction of sp³-hybridized carbons (Fsp3) is 0.571. The summed E-state index contributed by atoms with van der Waals surface area (Å²) in [5, 5.41) is 3.24. The Hall–Kier alpha value is -1.42. The van der Waals surface area contributed by atoms with Gasteiger partial charge in [-0.25, -0.2) is 0 Å². The minimum atomic E-state index is 0.350. The number of benzene rings is 1. The summed E-state index contributed by atoms with van der Waals surface area (Å²) in [5.74, 6) is 2.41. The molecule has 0 spiro atoms. The van der Waals surface area contributed by atoms with Gasteiger partial charge in [0, 0.05) is 25.3 Å². The second-order valence-corrected chi connectivity index (χ2v) is 5.06. The second-order valence-electron chi connectivity index (χ2n) is 5.06. The molecule has 0 fully saturated rings. The van der Waals surface area contributed by atoms with Crippen LogP contribution in [0.2, 0.25) is 0 Å². The normalized spacial score (nSPS) is 21.0. The average Bonchev–Trinajstić information content (AvgIpc) is 2.83. The first-order valence-corrected chi connectivity index (χ1v) is 6.59. The van der Waals surface area contributed by atoms with E-state index in [1.807, 2.05) is 7.05 Å². The number of nitrogens with zero attached hydrogens (tertiary/aromatic N) is 1. The molecule has 3 rings (SSSR count). The third-order valence-corrected chi connectivity index (χ3v) is 3.93. The first-order chi connectivity index (χ1) is 8.79. The van der Waals surface area contributed by atoms with Gasteiger partial charge in [0.25, 0.3) is 0 Å². The summed E-state index contributed by atoms with van der Waals surface area (Å²) >= 11 is 0.